The summed E-state index contributed by atoms with van der Waals surface area (Å²) in [6.45, 7) is 6.83. The van der Waals surface area contributed by atoms with Crippen LogP contribution >= 0.6 is 0 Å². The van der Waals surface area contributed by atoms with Crippen LogP contribution in [-0.2, 0) is 6.42 Å². The summed E-state index contributed by atoms with van der Waals surface area (Å²) in [6.07, 6.45) is 2.23. The molecule has 0 saturated carbocycles. The van der Waals surface area contributed by atoms with E-state index in [2.05, 4.69) is 68.2 Å². The largest absolute Gasteiger partial charge is 0.397 e. The summed E-state index contributed by atoms with van der Waals surface area (Å²) in [6, 6.07) is 16.9. The molecule has 1 aromatic heterocycles. The number of hydrogen-bond acceptors (Lipinski definition) is 1. The van der Waals surface area contributed by atoms with Crippen LogP contribution in [0.2, 0.25) is 0 Å². The van der Waals surface area contributed by atoms with Gasteiger partial charge in [-0.15, -0.1) is 0 Å². The summed E-state index contributed by atoms with van der Waals surface area (Å²) in [4.78, 5) is 3.45. The lowest BCUT2D eigenvalue weighted by Gasteiger charge is -2.17. The van der Waals surface area contributed by atoms with Crippen LogP contribution in [0, 0.1) is 5.41 Å². The molecule has 0 saturated heterocycles. The molecule has 1 heterocycles. The number of H-pyrrole nitrogens is 1. The quantitative estimate of drug-likeness (QED) is 0.624. The highest BCUT2D eigenvalue weighted by atomic mass is 14.7. The topological polar surface area (TPSA) is 41.8 Å². The van der Waals surface area contributed by atoms with Crippen molar-refractivity contribution in [2.24, 2.45) is 5.41 Å². The SMILES string of the molecule is CC(C)(C)CCc1cc(N)c2[nH]c(-c3ccccc3)cc2c1. The molecule has 0 aliphatic carbocycles. The number of aryl methyl sites for hydroxylation is 1. The maximum atomic E-state index is 6.26. The minimum Gasteiger partial charge on any atom is -0.397 e. The Morgan fingerprint density at radius 2 is 1.73 bits per heavy atom. The highest BCUT2D eigenvalue weighted by molar-refractivity contribution is 5.94. The third kappa shape index (κ3) is 3.16. The normalized spacial score (nSPS) is 12.0. The van der Waals surface area contributed by atoms with E-state index in [0.717, 1.165) is 29.7 Å². The van der Waals surface area contributed by atoms with Crippen molar-refractivity contribution in [2.45, 2.75) is 33.6 Å². The first-order valence-corrected chi connectivity index (χ1v) is 7.89. The number of benzene rings is 2. The van der Waals surface area contributed by atoms with Gasteiger partial charge in [-0.2, -0.15) is 0 Å². The predicted molar refractivity (Wildman–Crippen MR) is 95.9 cm³/mol. The van der Waals surface area contributed by atoms with Gasteiger partial charge >= 0.3 is 0 Å². The minimum atomic E-state index is 0.344. The van der Waals surface area contributed by atoms with E-state index in [-0.39, 0.29) is 0 Å². The van der Waals surface area contributed by atoms with Gasteiger partial charge in [-0.05, 0) is 47.6 Å². The number of hydrogen-bond donors (Lipinski definition) is 2. The van der Waals surface area contributed by atoms with Gasteiger partial charge in [0.25, 0.3) is 0 Å². The molecule has 3 aromatic rings. The summed E-state index contributed by atoms with van der Waals surface area (Å²) in [5.74, 6) is 0. The highest BCUT2D eigenvalue weighted by Crippen LogP contribution is 2.30. The Labute approximate surface area is 132 Å². The third-order valence-electron chi connectivity index (χ3n) is 4.07. The molecule has 0 fully saturated rings. The van der Waals surface area contributed by atoms with Crippen molar-refractivity contribution in [3.05, 3.63) is 54.1 Å². The fraction of sp³-hybridized carbons (Fsp3) is 0.300. The summed E-state index contributed by atoms with van der Waals surface area (Å²) < 4.78 is 0. The maximum Gasteiger partial charge on any atom is 0.0692 e. The minimum absolute atomic E-state index is 0.344. The number of aromatic amines is 1. The third-order valence-corrected chi connectivity index (χ3v) is 4.07. The van der Waals surface area contributed by atoms with Crippen LogP contribution in [0.15, 0.2) is 48.5 Å². The van der Waals surface area contributed by atoms with E-state index in [1.165, 1.54) is 16.5 Å². The van der Waals surface area contributed by atoms with Crippen molar-refractivity contribution in [2.75, 3.05) is 5.73 Å². The van der Waals surface area contributed by atoms with Gasteiger partial charge in [0, 0.05) is 11.1 Å². The molecule has 0 unspecified atom stereocenters. The Bertz CT molecular complexity index is 777. The number of fused-ring (bicyclic) bond motifs is 1. The van der Waals surface area contributed by atoms with Crippen molar-refractivity contribution in [3.63, 3.8) is 0 Å². The average Bonchev–Trinajstić information content (AvgIpc) is 2.90. The van der Waals surface area contributed by atoms with Gasteiger partial charge in [0.2, 0.25) is 0 Å². The molecule has 0 radical (unpaired) electrons. The number of nitrogens with two attached hydrogens (primary N) is 1. The Kier molecular flexibility index (Phi) is 3.69. The van der Waals surface area contributed by atoms with Crippen molar-refractivity contribution in [3.8, 4) is 11.3 Å². The Morgan fingerprint density at radius 1 is 1.00 bits per heavy atom. The van der Waals surface area contributed by atoms with Gasteiger partial charge in [0.05, 0.1) is 11.2 Å². The van der Waals surface area contributed by atoms with Crippen LogP contribution in [0.3, 0.4) is 0 Å². The molecule has 0 aliphatic heterocycles. The monoisotopic (exact) mass is 292 g/mol. The van der Waals surface area contributed by atoms with Crippen molar-refractivity contribution >= 4 is 16.6 Å². The first-order chi connectivity index (χ1) is 10.4. The van der Waals surface area contributed by atoms with E-state index in [0.29, 0.717) is 5.41 Å². The fourth-order valence-corrected chi connectivity index (χ4v) is 2.77. The zero-order chi connectivity index (χ0) is 15.7. The molecule has 0 spiro atoms. The lowest BCUT2D eigenvalue weighted by molar-refractivity contribution is 0.378. The van der Waals surface area contributed by atoms with E-state index >= 15 is 0 Å². The summed E-state index contributed by atoms with van der Waals surface area (Å²) in [5, 5.41) is 1.20. The van der Waals surface area contributed by atoms with Crippen LogP contribution in [0.25, 0.3) is 22.2 Å². The second-order valence-electron chi connectivity index (χ2n) is 7.26. The molecule has 0 aliphatic rings. The molecular weight excluding hydrogens is 268 g/mol. The molecular formula is C20H24N2. The van der Waals surface area contributed by atoms with Crippen LogP contribution < -0.4 is 5.73 Å². The Balaban J connectivity index is 1.96. The Hall–Kier alpha value is -2.22. The molecule has 114 valence electrons. The molecule has 22 heavy (non-hydrogen) atoms. The number of aromatic nitrogens is 1. The van der Waals surface area contributed by atoms with Gasteiger partial charge < -0.3 is 10.7 Å². The first kappa shape index (κ1) is 14.7. The van der Waals surface area contributed by atoms with Gasteiger partial charge in [-0.1, -0.05) is 51.1 Å². The zero-order valence-electron chi connectivity index (χ0n) is 13.6. The van der Waals surface area contributed by atoms with Crippen LogP contribution in [-0.4, -0.2) is 4.98 Å². The molecule has 3 N–H and O–H groups in total. The standard InChI is InChI=1S/C20H24N2/c1-20(2,3)10-9-14-11-16-13-18(15-7-5-4-6-8-15)22-19(16)17(21)12-14/h4-8,11-13,22H,9-10,21H2,1-3H3. The Morgan fingerprint density at radius 3 is 2.41 bits per heavy atom. The number of nitrogen functional groups attached to an aromatic ring is 1. The lowest BCUT2D eigenvalue weighted by atomic mass is 9.88. The number of anilines is 1. The predicted octanol–water partition coefficient (Wildman–Crippen LogP) is 5.40. The van der Waals surface area contributed by atoms with E-state index < -0.39 is 0 Å². The highest BCUT2D eigenvalue weighted by Gasteiger charge is 2.12. The molecule has 0 atom stereocenters. The van der Waals surface area contributed by atoms with E-state index in [4.69, 9.17) is 5.73 Å². The van der Waals surface area contributed by atoms with Gasteiger partial charge in [-0.25, -0.2) is 0 Å². The molecule has 2 aromatic carbocycles. The van der Waals surface area contributed by atoms with Crippen LogP contribution in [0.1, 0.15) is 32.8 Å². The molecule has 0 bridgehead atoms. The number of nitrogens with one attached hydrogen (secondary N) is 1. The van der Waals surface area contributed by atoms with Crippen LogP contribution in [0.5, 0.6) is 0 Å². The summed E-state index contributed by atoms with van der Waals surface area (Å²) >= 11 is 0. The first-order valence-electron chi connectivity index (χ1n) is 7.89. The van der Waals surface area contributed by atoms with Crippen molar-refractivity contribution < 1.29 is 0 Å². The maximum absolute atomic E-state index is 6.26. The fourth-order valence-electron chi connectivity index (χ4n) is 2.77. The lowest BCUT2D eigenvalue weighted by Crippen LogP contribution is -2.06. The molecule has 3 rings (SSSR count). The van der Waals surface area contributed by atoms with Crippen LogP contribution in [0.4, 0.5) is 5.69 Å². The average molecular weight is 292 g/mol. The second-order valence-corrected chi connectivity index (χ2v) is 7.26. The molecule has 2 nitrogen and oxygen atoms in total. The second kappa shape index (κ2) is 5.53. The van der Waals surface area contributed by atoms with Crippen molar-refractivity contribution in [1.82, 2.24) is 4.98 Å². The summed E-state index contributed by atoms with van der Waals surface area (Å²) in [7, 11) is 0. The number of rotatable bonds is 3. The smallest absolute Gasteiger partial charge is 0.0692 e. The van der Waals surface area contributed by atoms with E-state index in [9.17, 15) is 0 Å². The van der Waals surface area contributed by atoms with Crippen molar-refractivity contribution in [1.29, 1.82) is 0 Å². The van der Waals surface area contributed by atoms with Gasteiger partial charge in [0.15, 0.2) is 0 Å². The van der Waals surface area contributed by atoms with E-state index in [1.807, 2.05) is 6.07 Å². The van der Waals surface area contributed by atoms with E-state index in [1.54, 1.807) is 0 Å². The summed E-state index contributed by atoms with van der Waals surface area (Å²) in [5.41, 5.74) is 12.1. The van der Waals surface area contributed by atoms with Gasteiger partial charge in [-0.3, -0.25) is 0 Å². The zero-order valence-corrected chi connectivity index (χ0v) is 13.6. The molecule has 0 amide bonds. The van der Waals surface area contributed by atoms with Gasteiger partial charge in [0.1, 0.15) is 0 Å². The molecule has 2 heteroatoms.